The molecule has 1 heterocycles. The Hall–Kier alpha value is -1.61. The van der Waals surface area contributed by atoms with E-state index in [1.807, 2.05) is 30.5 Å². The number of fused-ring (bicyclic) bond motifs is 1. The lowest BCUT2D eigenvalue weighted by Crippen LogP contribution is -2.20. The summed E-state index contributed by atoms with van der Waals surface area (Å²) in [5, 5.41) is 4.57. The highest BCUT2D eigenvalue weighted by molar-refractivity contribution is 5.90. The van der Waals surface area contributed by atoms with Crippen LogP contribution in [-0.2, 0) is 4.74 Å². The van der Waals surface area contributed by atoms with Crippen molar-refractivity contribution in [1.82, 2.24) is 4.98 Å². The van der Waals surface area contributed by atoms with Crippen LogP contribution in [0.3, 0.4) is 0 Å². The Balaban J connectivity index is 2.30. The van der Waals surface area contributed by atoms with Gasteiger partial charge in [0, 0.05) is 30.4 Å². The monoisotopic (exact) mass is 216 g/mol. The van der Waals surface area contributed by atoms with Gasteiger partial charge >= 0.3 is 0 Å². The molecule has 0 spiro atoms. The lowest BCUT2D eigenvalue weighted by molar-refractivity contribution is 0.190. The first-order chi connectivity index (χ1) is 7.81. The van der Waals surface area contributed by atoms with Gasteiger partial charge in [0.05, 0.1) is 12.1 Å². The van der Waals surface area contributed by atoms with Gasteiger partial charge in [-0.15, -0.1) is 0 Å². The largest absolute Gasteiger partial charge is 0.383 e. The van der Waals surface area contributed by atoms with Crippen LogP contribution in [0.1, 0.15) is 6.92 Å². The molecule has 2 aromatic rings. The average molecular weight is 216 g/mol. The van der Waals surface area contributed by atoms with E-state index in [4.69, 9.17) is 4.74 Å². The van der Waals surface area contributed by atoms with Gasteiger partial charge in [-0.3, -0.25) is 4.98 Å². The number of benzene rings is 1. The normalized spacial score (nSPS) is 12.6. The summed E-state index contributed by atoms with van der Waals surface area (Å²) in [5.41, 5.74) is 2.12. The Bertz CT molecular complexity index is 465. The molecule has 0 aliphatic rings. The number of pyridine rings is 1. The van der Waals surface area contributed by atoms with Crippen LogP contribution in [0.5, 0.6) is 0 Å². The van der Waals surface area contributed by atoms with E-state index in [0.29, 0.717) is 6.61 Å². The summed E-state index contributed by atoms with van der Waals surface area (Å²) < 4.78 is 5.11. The highest BCUT2D eigenvalue weighted by atomic mass is 16.5. The summed E-state index contributed by atoms with van der Waals surface area (Å²) in [4.78, 5) is 4.32. The van der Waals surface area contributed by atoms with Crippen LogP contribution < -0.4 is 5.32 Å². The molecule has 3 nitrogen and oxygen atoms in total. The summed E-state index contributed by atoms with van der Waals surface area (Å²) in [6.45, 7) is 2.79. The predicted molar refractivity (Wildman–Crippen MR) is 66.7 cm³/mol. The lowest BCUT2D eigenvalue weighted by Gasteiger charge is -2.15. The van der Waals surface area contributed by atoms with Crippen molar-refractivity contribution in [3.05, 3.63) is 36.5 Å². The zero-order valence-electron chi connectivity index (χ0n) is 9.60. The summed E-state index contributed by atoms with van der Waals surface area (Å²) in [7, 11) is 1.71. The molecule has 1 unspecified atom stereocenters. The maximum Gasteiger partial charge on any atom is 0.0722 e. The topological polar surface area (TPSA) is 34.1 Å². The van der Waals surface area contributed by atoms with E-state index in [9.17, 15) is 0 Å². The number of anilines is 1. The molecular weight excluding hydrogens is 200 g/mol. The molecule has 0 aliphatic carbocycles. The first-order valence-electron chi connectivity index (χ1n) is 5.40. The average Bonchev–Trinajstić information content (AvgIpc) is 2.30. The SMILES string of the molecule is COCC(C)Nc1ccnc2ccccc12. The van der Waals surface area contributed by atoms with Crippen LogP contribution in [0.4, 0.5) is 5.69 Å². The Morgan fingerprint density at radius 3 is 2.94 bits per heavy atom. The first-order valence-corrected chi connectivity index (χ1v) is 5.40. The van der Waals surface area contributed by atoms with Gasteiger partial charge in [-0.1, -0.05) is 18.2 Å². The quantitative estimate of drug-likeness (QED) is 0.853. The summed E-state index contributed by atoms with van der Waals surface area (Å²) >= 11 is 0. The number of rotatable bonds is 4. The molecule has 0 amide bonds. The molecule has 0 saturated carbocycles. The Morgan fingerprint density at radius 1 is 1.31 bits per heavy atom. The fourth-order valence-corrected chi connectivity index (χ4v) is 1.78. The highest BCUT2D eigenvalue weighted by Crippen LogP contribution is 2.21. The van der Waals surface area contributed by atoms with Gasteiger partial charge in [-0.05, 0) is 19.1 Å². The van der Waals surface area contributed by atoms with Gasteiger partial charge in [-0.2, -0.15) is 0 Å². The molecule has 84 valence electrons. The number of para-hydroxylation sites is 1. The number of hydrogen-bond acceptors (Lipinski definition) is 3. The van der Waals surface area contributed by atoms with Gasteiger partial charge in [0.1, 0.15) is 0 Å². The van der Waals surface area contributed by atoms with Crippen LogP contribution in [0.2, 0.25) is 0 Å². The molecule has 0 aliphatic heterocycles. The molecule has 1 atom stereocenters. The Morgan fingerprint density at radius 2 is 2.12 bits per heavy atom. The number of nitrogens with one attached hydrogen (secondary N) is 1. The second-order valence-electron chi connectivity index (χ2n) is 3.88. The molecule has 0 saturated heterocycles. The molecule has 0 bridgehead atoms. The van der Waals surface area contributed by atoms with E-state index < -0.39 is 0 Å². The minimum absolute atomic E-state index is 0.288. The van der Waals surface area contributed by atoms with Crippen molar-refractivity contribution in [1.29, 1.82) is 0 Å². The van der Waals surface area contributed by atoms with Crippen molar-refractivity contribution in [2.45, 2.75) is 13.0 Å². The van der Waals surface area contributed by atoms with E-state index in [1.54, 1.807) is 7.11 Å². The molecule has 1 aromatic carbocycles. The smallest absolute Gasteiger partial charge is 0.0722 e. The molecule has 3 heteroatoms. The minimum Gasteiger partial charge on any atom is -0.383 e. The van der Waals surface area contributed by atoms with Crippen LogP contribution >= 0.6 is 0 Å². The van der Waals surface area contributed by atoms with Gasteiger partial charge in [0.15, 0.2) is 0 Å². The Kier molecular flexibility index (Phi) is 3.37. The van der Waals surface area contributed by atoms with Crippen LogP contribution in [-0.4, -0.2) is 24.7 Å². The van der Waals surface area contributed by atoms with Crippen molar-refractivity contribution in [3.63, 3.8) is 0 Å². The first kappa shape index (κ1) is 10.9. The fourth-order valence-electron chi connectivity index (χ4n) is 1.78. The van der Waals surface area contributed by atoms with Crippen LogP contribution in [0.25, 0.3) is 10.9 Å². The summed E-state index contributed by atoms with van der Waals surface area (Å²) in [6.07, 6.45) is 1.82. The van der Waals surface area contributed by atoms with Crippen molar-refractivity contribution in [2.75, 3.05) is 19.0 Å². The Labute approximate surface area is 95.5 Å². The highest BCUT2D eigenvalue weighted by Gasteiger charge is 2.04. The van der Waals surface area contributed by atoms with Crippen LogP contribution in [0.15, 0.2) is 36.5 Å². The van der Waals surface area contributed by atoms with Gasteiger partial charge in [0.2, 0.25) is 0 Å². The number of aromatic nitrogens is 1. The van der Waals surface area contributed by atoms with Crippen molar-refractivity contribution in [3.8, 4) is 0 Å². The van der Waals surface area contributed by atoms with Crippen LogP contribution in [0, 0.1) is 0 Å². The third-order valence-corrected chi connectivity index (χ3v) is 2.47. The molecule has 0 radical (unpaired) electrons. The number of ether oxygens (including phenoxy) is 1. The zero-order chi connectivity index (χ0) is 11.4. The number of methoxy groups -OCH3 is 1. The summed E-state index contributed by atoms with van der Waals surface area (Å²) in [6, 6.07) is 10.4. The molecule has 1 N–H and O–H groups in total. The second kappa shape index (κ2) is 4.94. The van der Waals surface area contributed by atoms with Gasteiger partial charge in [-0.25, -0.2) is 0 Å². The fraction of sp³-hybridized carbons (Fsp3) is 0.308. The summed E-state index contributed by atoms with van der Waals surface area (Å²) in [5.74, 6) is 0. The number of nitrogens with zero attached hydrogens (tertiary/aromatic N) is 1. The van der Waals surface area contributed by atoms with Gasteiger partial charge in [0.25, 0.3) is 0 Å². The van der Waals surface area contributed by atoms with E-state index in [-0.39, 0.29) is 6.04 Å². The van der Waals surface area contributed by atoms with E-state index in [2.05, 4.69) is 23.3 Å². The second-order valence-corrected chi connectivity index (χ2v) is 3.88. The molecule has 1 aromatic heterocycles. The van der Waals surface area contributed by atoms with E-state index in [0.717, 1.165) is 16.6 Å². The third-order valence-electron chi connectivity index (χ3n) is 2.47. The molecular formula is C13H16N2O. The zero-order valence-corrected chi connectivity index (χ0v) is 9.60. The van der Waals surface area contributed by atoms with E-state index >= 15 is 0 Å². The van der Waals surface area contributed by atoms with Gasteiger partial charge < -0.3 is 10.1 Å². The maximum atomic E-state index is 5.11. The number of hydrogen-bond donors (Lipinski definition) is 1. The standard InChI is InChI=1S/C13H16N2O/c1-10(9-16-2)15-13-7-8-14-12-6-4-3-5-11(12)13/h3-8,10H,9H2,1-2H3,(H,14,15). The molecule has 16 heavy (non-hydrogen) atoms. The van der Waals surface area contributed by atoms with Crippen molar-refractivity contribution in [2.24, 2.45) is 0 Å². The molecule has 2 rings (SSSR count). The lowest BCUT2D eigenvalue weighted by atomic mass is 10.2. The predicted octanol–water partition coefficient (Wildman–Crippen LogP) is 2.68. The molecule has 0 fully saturated rings. The maximum absolute atomic E-state index is 5.11. The van der Waals surface area contributed by atoms with Crippen molar-refractivity contribution < 1.29 is 4.74 Å². The van der Waals surface area contributed by atoms with E-state index in [1.165, 1.54) is 0 Å². The minimum atomic E-state index is 0.288. The third kappa shape index (κ3) is 2.31. The van der Waals surface area contributed by atoms with Crippen molar-refractivity contribution >= 4 is 16.6 Å².